The van der Waals surface area contributed by atoms with Crippen molar-refractivity contribution in [1.82, 2.24) is 4.72 Å². The fourth-order valence-corrected chi connectivity index (χ4v) is 3.22. The number of sulfonamides is 1. The molecule has 0 aliphatic carbocycles. The molecule has 0 bridgehead atoms. The van der Waals surface area contributed by atoms with Crippen LogP contribution in [0.5, 0.6) is 0 Å². The van der Waals surface area contributed by atoms with Gasteiger partial charge in [0.15, 0.2) is 0 Å². The summed E-state index contributed by atoms with van der Waals surface area (Å²) in [6.45, 7) is 4.49. The topological polar surface area (TPSA) is 83.5 Å². The molecule has 1 rings (SSSR count). The molecular weight excluding hydrogens is 273 g/mol. The van der Waals surface area contributed by atoms with Crippen molar-refractivity contribution in [3.63, 3.8) is 0 Å². The van der Waals surface area contributed by atoms with Crippen LogP contribution in [0.3, 0.4) is 0 Å². The molecule has 0 unspecified atom stereocenters. The van der Waals surface area contributed by atoms with E-state index in [9.17, 15) is 17.6 Å². The predicted octanol–water partition coefficient (Wildman–Crippen LogP) is 1.67. The van der Waals surface area contributed by atoms with Crippen LogP contribution in [0.1, 0.15) is 25.8 Å². The van der Waals surface area contributed by atoms with E-state index in [0.29, 0.717) is 5.56 Å². The number of nitrogens with one attached hydrogen (secondary N) is 1. The average molecular weight is 289 g/mol. The van der Waals surface area contributed by atoms with Gasteiger partial charge in [0, 0.05) is 5.54 Å². The van der Waals surface area contributed by atoms with Gasteiger partial charge in [-0.2, -0.15) is 0 Å². The van der Waals surface area contributed by atoms with Gasteiger partial charge in [-0.25, -0.2) is 17.5 Å². The molecule has 0 saturated heterocycles. The van der Waals surface area contributed by atoms with Crippen molar-refractivity contribution >= 4 is 16.0 Å². The van der Waals surface area contributed by atoms with Gasteiger partial charge in [0.1, 0.15) is 10.7 Å². The van der Waals surface area contributed by atoms with E-state index in [0.717, 1.165) is 6.07 Å². The number of aliphatic carboxylic acids is 1. The van der Waals surface area contributed by atoms with E-state index in [1.54, 1.807) is 6.92 Å². The maximum absolute atomic E-state index is 13.6. The summed E-state index contributed by atoms with van der Waals surface area (Å²) in [5.41, 5.74) is -0.612. The third kappa shape index (κ3) is 4.29. The van der Waals surface area contributed by atoms with Crippen LogP contribution in [0, 0.1) is 12.7 Å². The van der Waals surface area contributed by atoms with Gasteiger partial charge in [0.2, 0.25) is 10.0 Å². The van der Waals surface area contributed by atoms with Gasteiger partial charge in [-0.3, -0.25) is 4.79 Å². The Hall–Kier alpha value is -1.47. The summed E-state index contributed by atoms with van der Waals surface area (Å²) in [7, 11) is -4.11. The van der Waals surface area contributed by atoms with E-state index in [-0.39, 0.29) is 0 Å². The fraction of sp³-hybridized carbons (Fsp3) is 0.417. The summed E-state index contributed by atoms with van der Waals surface area (Å²) in [5, 5.41) is 8.71. The quantitative estimate of drug-likeness (QED) is 0.863. The fourth-order valence-electron chi connectivity index (χ4n) is 1.65. The SMILES string of the molecule is Cc1ccc(F)c(S(=O)(=O)NC(C)(C)CC(=O)O)c1. The molecule has 0 heterocycles. The van der Waals surface area contributed by atoms with Crippen molar-refractivity contribution < 1.29 is 22.7 Å². The molecule has 2 N–H and O–H groups in total. The zero-order valence-electron chi connectivity index (χ0n) is 10.9. The first kappa shape index (κ1) is 15.6. The van der Waals surface area contributed by atoms with Crippen molar-refractivity contribution in [2.45, 2.75) is 37.6 Å². The minimum atomic E-state index is -4.11. The second kappa shape index (κ2) is 5.26. The summed E-state index contributed by atoms with van der Waals surface area (Å²) in [4.78, 5) is 10.2. The highest BCUT2D eigenvalue weighted by molar-refractivity contribution is 7.89. The molecule has 0 radical (unpaired) electrons. The summed E-state index contributed by atoms with van der Waals surface area (Å²) in [6, 6.07) is 3.72. The van der Waals surface area contributed by atoms with Crippen LogP contribution in [-0.2, 0) is 14.8 Å². The second-order valence-corrected chi connectivity index (χ2v) is 6.64. The molecule has 7 heteroatoms. The Kier molecular flexibility index (Phi) is 4.32. The lowest BCUT2D eigenvalue weighted by Crippen LogP contribution is -2.45. The first-order chi connectivity index (χ1) is 8.53. The van der Waals surface area contributed by atoms with Crippen molar-refractivity contribution in [1.29, 1.82) is 0 Å². The number of carbonyl (C=O) groups is 1. The highest BCUT2D eigenvalue weighted by atomic mass is 32.2. The van der Waals surface area contributed by atoms with Gasteiger partial charge in [-0.15, -0.1) is 0 Å². The Labute approximate surface area is 111 Å². The Balaban J connectivity index is 3.11. The molecule has 0 fully saturated rings. The highest BCUT2D eigenvalue weighted by Crippen LogP contribution is 2.19. The Bertz CT molecular complexity index is 596. The summed E-state index contributed by atoms with van der Waals surface area (Å²) in [6.07, 6.45) is -0.403. The van der Waals surface area contributed by atoms with Crippen molar-refractivity contribution in [3.8, 4) is 0 Å². The number of aryl methyl sites for hydroxylation is 1. The largest absolute Gasteiger partial charge is 0.481 e. The molecule has 0 aromatic heterocycles. The smallest absolute Gasteiger partial charge is 0.305 e. The lowest BCUT2D eigenvalue weighted by atomic mass is 10.0. The Morgan fingerprint density at radius 2 is 2.00 bits per heavy atom. The molecule has 0 spiro atoms. The molecule has 0 atom stereocenters. The van der Waals surface area contributed by atoms with Crippen molar-refractivity contribution in [2.75, 3.05) is 0 Å². The number of benzene rings is 1. The van der Waals surface area contributed by atoms with Crippen LogP contribution in [0.4, 0.5) is 4.39 Å². The first-order valence-electron chi connectivity index (χ1n) is 5.55. The van der Waals surface area contributed by atoms with Crippen molar-refractivity contribution in [3.05, 3.63) is 29.6 Å². The molecule has 1 aromatic rings. The van der Waals surface area contributed by atoms with E-state index in [1.165, 1.54) is 26.0 Å². The lowest BCUT2D eigenvalue weighted by molar-refractivity contribution is -0.138. The number of hydrogen-bond donors (Lipinski definition) is 2. The van der Waals surface area contributed by atoms with E-state index < -0.39 is 38.7 Å². The summed E-state index contributed by atoms with van der Waals surface area (Å²) in [5.74, 6) is -2.01. The van der Waals surface area contributed by atoms with Gasteiger partial charge >= 0.3 is 5.97 Å². The molecule has 1 aromatic carbocycles. The molecule has 0 aliphatic heterocycles. The van der Waals surface area contributed by atoms with Crippen LogP contribution in [0.15, 0.2) is 23.1 Å². The highest BCUT2D eigenvalue weighted by Gasteiger charge is 2.30. The molecular formula is C12H16FNO4S. The van der Waals surface area contributed by atoms with Crippen LogP contribution in [0.2, 0.25) is 0 Å². The predicted molar refractivity (Wildman–Crippen MR) is 67.8 cm³/mol. The maximum Gasteiger partial charge on any atom is 0.305 e. The normalized spacial score (nSPS) is 12.4. The van der Waals surface area contributed by atoms with Crippen LogP contribution >= 0.6 is 0 Å². The number of halogens is 1. The summed E-state index contributed by atoms with van der Waals surface area (Å²) < 4.78 is 39.9. The van der Waals surface area contributed by atoms with Crippen LogP contribution < -0.4 is 4.72 Å². The van der Waals surface area contributed by atoms with Crippen molar-refractivity contribution in [2.24, 2.45) is 0 Å². The second-order valence-electron chi connectivity index (χ2n) is 4.99. The maximum atomic E-state index is 13.6. The zero-order chi connectivity index (χ0) is 14.8. The standard InChI is InChI=1S/C12H16FNO4S/c1-8-4-5-9(13)10(6-8)19(17,18)14-12(2,3)7-11(15)16/h4-6,14H,7H2,1-3H3,(H,15,16). The molecule has 0 aliphatic rings. The van der Waals surface area contributed by atoms with E-state index in [4.69, 9.17) is 5.11 Å². The zero-order valence-corrected chi connectivity index (χ0v) is 11.7. The molecule has 0 amide bonds. The van der Waals surface area contributed by atoms with E-state index >= 15 is 0 Å². The van der Waals surface area contributed by atoms with Crippen LogP contribution in [0.25, 0.3) is 0 Å². The number of carboxylic acids is 1. The van der Waals surface area contributed by atoms with Gasteiger partial charge in [0.05, 0.1) is 6.42 Å². The molecule has 5 nitrogen and oxygen atoms in total. The summed E-state index contributed by atoms with van der Waals surface area (Å²) >= 11 is 0. The lowest BCUT2D eigenvalue weighted by Gasteiger charge is -2.24. The Morgan fingerprint density at radius 1 is 1.42 bits per heavy atom. The van der Waals surface area contributed by atoms with Gasteiger partial charge in [-0.1, -0.05) is 6.07 Å². The average Bonchev–Trinajstić information content (AvgIpc) is 2.17. The third-order valence-electron chi connectivity index (χ3n) is 2.38. The van der Waals surface area contributed by atoms with E-state index in [2.05, 4.69) is 4.72 Å². The first-order valence-corrected chi connectivity index (χ1v) is 7.04. The van der Waals surface area contributed by atoms with Gasteiger partial charge in [0.25, 0.3) is 0 Å². The minimum Gasteiger partial charge on any atom is -0.481 e. The molecule has 19 heavy (non-hydrogen) atoms. The number of carboxylic acid groups (broad SMARTS) is 1. The molecule has 106 valence electrons. The van der Waals surface area contributed by atoms with Gasteiger partial charge < -0.3 is 5.11 Å². The number of hydrogen-bond acceptors (Lipinski definition) is 3. The monoisotopic (exact) mass is 289 g/mol. The Morgan fingerprint density at radius 3 is 2.53 bits per heavy atom. The number of rotatable bonds is 5. The minimum absolute atomic E-state index is 0.403. The van der Waals surface area contributed by atoms with Gasteiger partial charge in [-0.05, 0) is 38.5 Å². The van der Waals surface area contributed by atoms with Crippen LogP contribution in [-0.4, -0.2) is 25.0 Å². The van der Waals surface area contributed by atoms with E-state index in [1.807, 2.05) is 0 Å². The molecule has 0 saturated carbocycles. The third-order valence-corrected chi connectivity index (χ3v) is 4.09.